The third-order valence-electron chi connectivity index (χ3n) is 2.39. The number of hydrogen-bond donors (Lipinski definition) is 2. The van der Waals surface area contributed by atoms with E-state index in [4.69, 9.17) is 0 Å². The van der Waals surface area contributed by atoms with Crippen LogP contribution in [0.2, 0.25) is 0 Å². The summed E-state index contributed by atoms with van der Waals surface area (Å²) in [7, 11) is 0. The van der Waals surface area contributed by atoms with E-state index in [-0.39, 0.29) is 6.04 Å². The Hall–Kier alpha value is -1.00. The Morgan fingerprint density at radius 2 is 2.29 bits per heavy atom. The molecular formula is C10H14FN3. The third-order valence-corrected chi connectivity index (χ3v) is 2.39. The number of aryl methyl sites for hydroxylation is 1. The number of pyridine rings is 1. The zero-order valence-electron chi connectivity index (χ0n) is 8.18. The summed E-state index contributed by atoms with van der Waals surface area (Å²) in [6.07, 6.45) is 0. The molecule has 0 bridgehead atoms. The topological polar surface area (TPSA) is 37.0 Å². The minimum absolute atomic E-state index is 0.208. The van der Waals surface area contributed by atoms with E-state index in [2.05, 4.69) is 15.6 Å². The quantitative estimate of drug-likeness (QED) is 0.650. The molecule has 1 saturated heterocycles. The Morgan fingerprint density at radius 1 is 1.43 bits per heavy atom. The minimum Gasteiger partial charge on any atom is -0.314 e. The van der Waals surface area contributed by atoms with E-state index in [1.807, 2.05) is 13.0 Å². The molecule has 76 valence electrons. The summed E-state index contributed by atoms with van der Waals surface area (Å²) in [4.78, 5) is 3.71. The fourth-order valence-corrected chi connectivity index (χ4v) is 1.74. The molecule has 2 N–H and O–H groups in total. The Labute approximate surface area is 82.7 Å². The van der Waals surface area contributed by atoms with Gasteiger partial charge in [-0.05, 0) is 24.6 Å². The van der Waals surface area contributed by atoms with Gasteiger partial charge in [-0.15, -0.1) is 0 Å². The summed E-state index contributed by atoms with van der Waals surface area (Å²) in [5.74, 6) is -0.396. The van der Waals surface area contributed by atoms with Crippen LogP contribution in [0.5, 0.6) is 0 Å². The first-order valence-electron chi connectivity index (χ1n) is 4.84. The molecule has 2 rings (SSSR count). The van der Waals surface area contributed by atoms with Gasteiger partial charge >= 0.3 is 0 Å². The average Bonchev–Trinajstić information content (AvgIpc) is 2.18. The fourth-order valence-electron chi connectivity index (χ4n) is 1.74. The van der Waals surface area contributed by atoms with Crippen LogP contribution in [0.1, 0.15) is 17.3 Å². The lowest BCUT2D eigenvalue weighted by Crippen LogP contribution is -2.42. The van der Waals surface area contributed by atoms with Crippen LogP contribution in [-0.4, -0.2) is 24.6 Å². The van der Waals surface area contributed by atoms with Gasteiger partial charge in [-0.1, -0.05) is 0 Å². The summed E-state index contributed by atoms with van der Waals surface area (Å²) < 4.78 is 13.0. The Kier molecular flexibility index (Phi) is 2.74. The van der Waals surface area contributed by atoms with Crippen molar-refractivity contribution in [1.82, 2.24) is 15.6 Å². The van der Waals surface area contributed by atoms with Crippen molar-refractivity contribution < 1.29 is 4.39 Å². The zero-order valence-corrected chi connectivity index (χ0v) is 8.18. The number of piperazine rings is 1. The normalized spacial score (nSPS) is 22.3. The van der Waals surface area contributed by atoms with Gasteiger partial charge in [0.05, 0.1) is 0 Å². The predicted molar refractivity (Wildman–Crippen MR) is 52.5 cm³/mol. The highest BCUT2D eigenvalue weighted by Gasteiger charge is 2.15. The monoisotopic (exact) mass is 195 g/mol. The summed E-state index contributed by atoms with van der Waals surface area (Å²) in [5, 5.41) is 6.60. The van der Waals surface area contributed by atoms with Gasteiger partial charge in [-0.25, -0.2) is 4.98 Å². The van der Waals surface area contributed by atoms with Crippen molar-refractivity contribution in [2.45, 2.75) is 13.0 Å². The molecule has 1 unspecified atom stereocenters. The van der Waals surface area contributed by atoms with Crippen molar-refractivity contribution in [3.8, 4) is 0 Å². The van der Waals surface area contributed by atoms with E-state index < -0.39 is 5.95 Å². The van der Waals surface area contributed by atoms with Gasteiger partial charge in [-0.3, -0.25) is 0 Å². The van der Waals surface area contributed by atoms with Crippen molar-refractivity contribution >= 4 is 0 Å². The molecule has 0 radical (unpaired) electrons. The van der Waals surface area contributed by atoms with Crippen LogP contribution in [0, 0.1) is 12.9 Å². The molecular weight excluding hydrogens is 181 g/mol. The molecule has 14 heavy (non-hydrogen) atoms. The van der Waals surface area contributed by atoms with Crippen LogP contribution in [0.25, 0.3) is 0 Å². The van der Waals surface area contributed by atoms with Gasteiger partial charge in [0.15, 0.2) is 0 Å². The number of aromatic nitrogens is 1. The zero-order chi connectivity index (χ0) is 9.97. The summed E-state index contributed by atoms with van der Waals surface area (Å²) in [6, 6.07) is 3.63. The van der Waals surface area contributed by atoms with Gasteiger partial charge in [0.1, 0.15) is 0 Å². The maximum absolute atomic E-state index is 13.0. The number of nitrogens with one attached hydrogen (secondary N) is 2. The SMILES string of the molecule is Cc1cc(C2CNCCN2)cc(F)n1. The van der Waals surface area contributed by atoms with Crippen molar-refractivity contribution in [2.75, 3.05) is 19.6 Å². The lowest BCUT2D eigenvalue weighted by Gasteiger charge is -2.24. The van der Waals surface area contributed by atoms with Crippen LogP contribution in [-0.2, 0) is 0 Å². The number of rotatable bonds is 1. The van der Waals surface area contributed by atoms with E-state index >= 15 is 0 Å². The van der Waals surface area contributed by atoms with E-state index in [1.54, 1.807) is 0 Å². The van der Waals surface area contributed by atoms with Gasteiger partial charge in [0.25, 0.3) is 0 Å². The standard InChI is InChI=1S/C10H14FN3/c1-7-4-8(5-10(11)14-7)9-6-12-2-3-13-9/h4-5,9,12-13H,2-3,6H2,1H3. The molecule has 0 aliphatic carbocycles. The van der Waals surface area contributed by atoms with Gasteiger partial charge in [-0.2, -0.15) is 4.39 Å². The van der Waals surface area contributed by atoms with Crippen LogP contribution >= 0.6 is 0 Å². The lowest BCUT2D eigenvalue weighted by molar-refractivity contribution is 0.427. The van der Waals surface area contributed by atoms with Crippen molar-refractivity contribution in [3.63, 3.8) is 0 Å². The lowest BCUT2D eigenvalue weighted by atomic mass is 10.1. The summed E-state index contributed by atoms with van der Waals surface area (Å²) >= 11 is 0. The first-order chi connectivity index (χ1) is 6.75. The molecule has 0 aromatic carbocycles. The second-order valence-corrected chi connectivity index (χ2v) is 3.58. The molecule has 1 aliphatic heterocycles. The Morgan fingerprint density at radius 3 is 2.93 bits per heavy atom. The largest absolute Gasteiger partial charge is 0.314 e. The molecule has 1 fully saturated rings. The smallest absolute Gasteiger partial charge is 0.213 e. The van der Waals surface area contributed by atoms with Crippen molar-refractivity contribution in [2.24, 2.45) is 0 Å². The fraction of sp³-hybridized carbons (Fsp3) is 0.500. The van der Waals surface area contributed by atoms with Crippen molar-refractivity contribution in [1.29, 1.82) is 0 Å². The molecule has 0 saturated carbocycles. The highest BCUT2D eigenvalue weighted by molar-refractivity contribution is 5.21. The molecule has 0 amide bonds. The number of halogens is 1. The van der Waals surface area contributed by atoms with Crippen LogP contribution in [0.3, 0.4) is 0 Å². The summed E-state index contributed by atoms with van der Waals surface area (Å²) in [6.45, 7) is 4.56. The Balaban J connectivity index is 2.21. The third kappa shape index (κ3) is 2.08. The molecule has 0 spiro atoms. The molecule has 1 atom stereocenters. The predicted octanol–water partition coefficient (Wildman–Crippen LogP) is 0.763. The van der Waals surface area contributed by atoms with Gasteiger partial charge in [0.2, 0.25) is 5.95 Å². The van der Waals surface area contributed by atoms with E-state index in [0.29, 0.717) is 0 Å². The first-order valence-corrected chi connectivity index (χ1v) is 4.84. The molecule has 1 aromatic heterocycles. The molecule has 1 aliphatic rings. The van der Waals surface area contributed by atoms with Crippen LogP contribution in [0.15, 0.2) is 12.1 Å². The van der Waals surface area contributed by atoms with Crippen LogP contribution in [0.4, 0.5) is 4.39 Å². The molecule has 2 heterocycles. The Bertz CT molecular complexity index is 301. The second kappa shape index (κ2) is 4.02. The van der Waals surface area contributed by atoms with E-state index in [9.17, 15) is 4.39 Å². The second-order valence-electron chi connectivity index (χ2n) is 3.58. The molecule has 4 heteroatoms. The van der Waals surface area contributed by atoms with E-state index in [1.165, 1.54) is 6.07 Å². The van der Waals surface area contributed by atoms with Gasteiger partial charge in [0, 0.05) is 31.4 Å². The van der Waals surface area contributed by atoms with Crippen LogP contribution < -0.4 is 10.6 Å². The number of nitrogens with zero attached hydrogens (tertiary/aromatic N) is 1. The van der Waals surface area contributed by atoms with E-state index in [0.717, 1.165) is 30.9 Å². The molecule has 1 aromatic rings. The van der Waals surface area contributed by atoms with Gasteiger partial charge < -0.3 is 10.6 Å². The maximum Gasteiger partial charge on any atom is 0.213 e. The highest BCUT2D eigenvalue weighted by atomic mass is 19.1. The highest BCUT2D eigenvalue weighted by Crippen LogP contribution is 2.15. The first kappa shape index (κ1) is 9.55. The average molecular weight is 195 g/mol. The molecule has 3 nitrogen and oxygen atoms in total. The van der Waals surface area contributed by atoms with Crippen molar-refractivity contribution in [3.05, 3.63) is 29.3 Å². The number of hydrogen-bond acceptors (Lipinski definition) is 3. The maximum atomic E-state index is 13.0. The summed E-state index contributed by atoms with van der Waals surface area (Å²) in [5.41, 5.74) is 1.70. The minimum atomic E-state index is -0.396.